The van der Waals surface area contributed by atoms with E-state index in [1.807, 2.05) is 18.2 Å². The Hall–Kier alpha value is -0.210. The van der Waals surface area contributed by atoms with Crippen LogP contribution in [0.4, 0.5) is 4.39 Å². The molecule has 0 amide bonds. The van der Waals surface area contributed by atoms with Gasteiger partial charge in [-0.3, -0.25) is 5.84 Å². The molecule has 2 rings (SSSR count). The lowest BCUT2D eigenvalue weighted by Crippen LogP contribution is -2.30. The normalized spacial score (nSPS) is 12.5. The van der Waals surface area contributed by atoms with E-state index in [9.17, 15) is 4.39 Å². The van der Waals surface area contributed by atoms with E-state index >= 15 is 0 Å². The van der Waals surface area contributed by atoms with Gasteiger partial charge in [-0.25, -0.2) is 9.82 Å². The van der Waals surface area contributed by atoms with Gasteiger partial charge in [-0.15, -0.1) is 0 Å². The smallest absolute Gasteiger partial charge is 0.129 e. The van der Waals surface area contributed by atoms with Crippen LogP contribution in [0.15, 0.2) is 40.9 Å². The minimum Gasteiger partial charge on any atom is -0.271 e. The Bertz CT molecular complexity index is 609. The van der Waals surface area contributed by atoms with Crippen LogP contribution in [0.5, 0.6) is 0 Å². The number of benzene rings is 2. The summed E-state index contributed by atoms with van der Waals surface area (Å²) < 4.78 is 15.9. The van der Waals surface area contributed by atoms with Crippen molar-refractivity contribution in [3.8, 4) is 0 Å². The Kier molecular flexibility index (Phi) is 5.19. The third-order valence-corrected chi connectivity index (χ3v) is 4.42. The van der Waals surface area contributed by atoms with Crippen molar-refractivity contribution in [3.05, 3.63) is 66.4 Å². The first-order chi connectivity index (χ1) is 9.02. The number of hydrazine groups is 1. The minimum atomic E-state index is -0.429. The second-order valence-corrected chi connectivity index (χ2v) is 6.45. The van der Waals surface area contributed by atoms with Crippen LogP contribution in [0, 0.1) is 9.39 Å². The fraction of sp³-hybridized carbons (Fsp3) is 0.0769. The third kappa shape index (κ3) is 3.46. The standard InChI is InChI=1S/C13H10BrClFIN2/c14-7-1-4-12(17)10(5-7)13(19-18)9-3-2-8(15)6-11(9)16/h1-6,13,19H,18H2. The first kappa shape index (κ1) is 15.2. The lowest BCUT2D eigenvalue weighted by atomic mass is 9.99. The zero-order chi connectivity index (χ0) is 14.0. The zero-order valence-corrected chi connectivity index (χ0v) is 14.1. The second kappa shape index (κ2) is 6.49. The summed E-state index contributed by atoms with van der Waals surface area (Å²) in [7, 11) is 0. The van der Waals surface area contributed by atoms with E-state index in [1.165, 1.54) is 6.07 Å². The van der Waals surface area contributed by atoms with Crippen LogP contribution < -0.4 is 11.3 Å². The highest BCUT2D eigenvalue weighted by Gasteiger charge is 2.19. The highest BCUT2D eigenvalue weighted by Crippen LogP contribution is 2.30. The van der Waals surface area contributed by atoms with Crippen molar-refractivity contribution in [3.63, 3.8) is 0 Å². The Labute approximate surface area is 137 Å². The Morgan fingerprint density at radius 2 is 1.95 bits per heavy atom. The lowest BCUT2D eigenvalue weighted by molar-refractivity contribution is 0.559. The molecular weight excluding hydrogens is 445 g/mol. The maximum absolute atomic E-state index is 14.0. The molecule has 1 atom stereocenters. The zero-order valence-electron chi connectivity index (χ0n) is 9.63. The molecule has 0 heterocycles. The summed E-state index contributed by atoms with van der Waals surface area (Å²) in [6.45, 7) is 0. The third-order valence-electron chi connectivity index (χ3n) is 2.71. The lowest BCUT2D eigenvalue weighted by Gasteiger charge is -2.19. The fourth-order valence-corrected chi connectivity index (χ4v) is 3.00. The average molecular weight is 455 g/mol. The number of nitrogens with two attached hydrogens (primary N) is 1. The monoisotopic (exact) mass is 454 g/mol. The molecule has 100 valence electrons. The Balaban J connectivity index is 2.52. The molecule has 0 aromatic heterocycles. The average Bonchev–Trinajstić information content (AvgIpc) is 2.36. The van der Waals surface area contributed by atoms with Crippen LogP contribution in [0.3, 0.4) is 0 Å². The van der Waals surface area contributed by atoms with Crippen molar-refractivity contribution in [2.45, 2.75) is 6.04 Å². The minimum absolute atomic E-state index is 0.362. The van der Waals surface area contributed by atoms with Gasteiger partial charge in [0.25, 0.3) is 0 Å². The van der Waals surface area contributed by atoms with Gasteiger partial charge in [0.15, 0.2) is 0 Å². The molecule has 0 fully saturated rings. The summed E-state index contributed by atoms with van der Waals surface area (Å²) in [6.07, 6.45) is 0. The first-order valence-electron chi connectivity index (χ1n) is 5.39. The molecule has 3 N–H and O–H groups in total. The Morgan fingerprint density at radius 1 is 1.21 bits per heavy atom. The van der Waals surface area contributed by atoms with E-state index in [0.29, 0.717) is 10.6 Å². The molecule has 0 radical (unpaired) electrons. The van der Waals surface area contributed by atoms with E-state index in [1.54, 1.807) is 12.1 Å². The van der Waals surface area contributed by atoms with Crippen LogP contribution in [0.1, 0.15) is 17.2 Å². The molecule has 2 nitrogen and oxygen atoms in total. The summed E-state index contributed by atoms with van der Waals surface area (Å²) in [4.78, 5) is 0. The molecule has 0 aliphatic heterocycles. The Morgan fingerprint density at radius 3 is 2.58 bits per heavy atom. The van der Waals surface area contributed by atoms with Gasteiger partial charge in [-0.1, -0.05) is 33.6 Å². The van der Waals surface area contributed by atoms with Crippen LogP contribution in [0.2, 0.25) is 5.02 Å². The first-order valence-corrected chi connectivity index (χ1v) is 7.64. The van der Waals surface area contributed by atoms with Crippen LogP contribution in [0.25, 0.3) is 0 Å². The number of hydrogen-bond donors (Lipinski definition) is 2. The number of halogens is 4. The molecular formula is C13H10BrClFIN2. The molecule has 2 aromatic rings. The summed E-state index contributed by atoms with van der Waals surface area (Å²) >= 11 is 11.4. The van der Waals surface area contributed by atoms with Gasteiger partial charge in [0, 0.05) is 18.6 Å². The van der Waals surface area contributed by atoms with Gasteiger partial charge in [-0.2, -0.15) is 0 Å². The highest BCUT2D eigenvalue weighted by atomic mass is 127. The topological polar surface area (TPSA) is 38.0 Å². The summed E-state index contributed by atoms with van der Waals surface area (Å²) in [5.41, 5.74) is 4.02. The fourth-order valence-electron chi connectivity index (χ4n) is 1.82. The predicted molar refractivity (Wildman–Crippen MR) is 87.4 cm³/mol. The van der Waals surface area contributed by atoms with Crippen molar-refractivity contribution >= 4 is 50.1 Å². The van der Waals surface area contributed by atoms with Crippen LogP contribution in [-0.4, -0.2) is 0 Å². The molecule has 0 aliphatic carbocycles. The van der Waals surface area contributed by atoms with E-state index < -0.39 is 6.04 Å². The van der Waals surface area contributed by atoms with Crippen LogP contribution >= 0.6 is 50.1 Å². The number of nitrogens with one attached hydrogen (secondary N) is 1. The highest BCUT2D eigenvalue weighted by molar-refractivity contribution is 14.1. The van der Waals surface area contributed by atoms with Crippen LogP contribution in [-0.2, 0) is 0 Å². The van der Waals surface area contributed by atoms with Crippen molar-refractivity contribution in [2.75, 3.05) is 0 Å². The van der Waals surface area contributed by atoms with E-state index in [2.05, 4.69) is 43.9 Å². The van der Waals surface area contributed by atoms with Gasteiger partial charge >= 0.3 is 0 Å². The van der Waals surface area contributed by atoms with Crippen molar-refractivity contribution < 1.29 is 4.39 Å². The maximum atomic E-state index is 14.0. The molecule has 0 saturated carbocycles. The van der Waals surface area contributed by atoms with Crippen molar-refractivity contribution in [1.29, 1.82) is 0 Å². The van der Waals surface area contributed by atoms with Gasteiger partial charge in [0.1, 0.15) is 5.82 Å². The molecule has 19 heavy (non-hydrogen) atoms. The van der Waals surface area contributed by atoms with Crippen molar-refractivity contribution in [1.82, 2.24) is 5.43 Å². The van der Waals surface area contributed by atoms with Crippen molar-refractivity contribution in [2.24, 2.45) is 5.84 Å². The largest absolute Gasteiger partial charge is 0.271 e. The SMILES string of the molecule is NNC(c1ccc(Cl)cc1F)c1cc(Br)ccc1I. The van der Waals surface area contributed by atoms with Gasteiger partial charge < -0.3 is 0 Å². The van der Waals surface area contributed by atoms with E-state index in [4.69, 9.17) is 17.4 Å². The number of hydrogen-bond acceptors (Lipinski definition) is 2. The van der Waals surface area contributed by atoms with E-state index in [-0.39, 0.29) is 5.82 Å². The van der Waals surface area contributed by atoms with Gasteiger partial charge in [-0.05, 0) is 58.5 Å². The molecule has 1 unspecified atom stereocenters. The summed E-state index contributed by atoms with van der Waals surface area (Å²) in [5, 5.41) is 0.362. The summed E-state index contributed by atoms with van der Waals surface area (Å²) in [5.74, 6) is 5.21. The second-order valence-electron chi connectivity index (χ2n) is 3.93. The molecule has 0 saturated heterocycles. The maximum Gasteiger partial charge on any atom is 0.129 e. The molecule has 0 bridgehead atoms. The molecule has 6 heteroatoms. The summed E-state index contributed by atoms with van der Waals surface area (Å²) in [6, 6.07) is 9.93. The number of rotatable bonds is 3. The predicted octanol–water partition coefficient (Wildman–Crippen LogP) is 4.40. The molecule has 2 aromatic carbocycles. The van der Waals surface area contributed by atoms with Gasteiger partial charge in [0.2, 0.25) is 0 Å². The van der Waals surface area contributed by atoms with Gasteiger partial charge in [0.05, 0.1) is 6.04 Å². The molecule has 0 spiro atoms. The molecule has 0 aliphatic rings. The quantitative estimate of drug-likeness (QED) is 0.409. The van der Waals surface area contributed by atoms with E-state index in [0.717, 1.165) is 13.6 Å².